The molecule has 0 aliphatic carbocycles. The second-order valence-electron chi connectivity index (χ2n) is 3.48. The van der Waals surface area contributed by atoms with Crippen LogP contribution in [0, 0.1) is 6.92 Å². The smallest absolute Gasteiger partial charge is 0.305 e. The summed E-state index contributed by atoms with van der Waals surface area (Å²) in [7, 11) is 0. The van der Waals surface area contributed by atoms with Crippen molar-refractivity contribution < 1.29 is 9.90 Å². The summed E-state index contributed by atoms with van der Waals surface area (Å²) in [6.07, 6.45) is 1.34. The van der Waals surface area contributed by atoms with Crippen molar-refractivity contribution in [1.29, 1.82) is 0 Å². The van der Waals surface area contributed by atoms with E-state index in [-0.39, 0.29) is 18.5 Å². The van der Waals surface area contributed by atoms with Crippen molar-refractivity contribution in [2.75, 3.05) is 0 Å². The lowest BCUT2D eigenvalue weighted by atomic mass is 10.3. The first-order chi connectivity index (χ1) is 7.59. The van der Waals surface area contributed by atoms with E-state index in [4.69, 9.17) is 5.11 Å². The molecule has 2 rings (SSSR count). The molecular weight excluding hydrogens is 228 g/mol. The summed E-state index contributed by atoms with van der Waals surface area (Å²) >= 11 is 1.35. The Balaban J connectivity index is 2.45. The fourth-order valence-electron chi connectivity index (χ4n) is 1.44. The molecule has 0 bridgehead atoms. The van der Waals surface area contributed by atoms with Crippen LogP contribution in [0.25, 0.3) is 10.2 Å². The number of rotatable bonds is 3. The van der Waals surface area contributed by atoms with Gasteiger partial charge in [-0.3, -0.25) is 14.2 Å². The number of nitrogens with zero attached hydrogens (tertiary/aromatic N) is 2. The molecule has 0 radical (unpaired) electrons. The maximum Gasteiger partial charge on any atom is 0.305 e. The molecule has 0 fully saturated rings. The highest BCUT2D eigenvalue weighted by molar-refractivity contribution is 7.17. The van der Waals surface area contributed by atoms with Gasteiger partial charge < -0.3 is 5.11 Å². The minimum absolute atomic E-state index is 0.0720. The van der Waals surface area contributed by atoms with E-state index in [1.54, 1.807) is 0 Å². The molecule has 6 heteroatoms. The van der Waals surface area contributed by atoms with E-state index < -0.39 is 5.97 Å². The first-order valence-corrected chi connectivity index (χ1v) is 5.62. The maximum atomic E-state index is 11.9. The van der Waals surface area contributed by atoms with Crippen molar-refractivity contribution in [1.82, 2.24) is 9.55 Å². The Morgan fingerprint density at radius 1 is 1.62 bits per heavy atom. The SMILES string of the molecule is Cc1csc2c(=O)n(CCC(=O)O)cnc12. The summed E-state index contributed by atoms with van der Waals surface area (Å²) in [6.45, 7) is 2.06. The predicted octanol–water partition coefficient (Wildman–Crippen LogP) is 1.24. The fraction of sp³-hybridized carbons (Fsp3) is 0.300. The number of aromatic nitrogens is 2. The molecule has 84 valence electrons. The zero-order chi connectivity index (χ0) is 11.7. The summed E-state index contributed by atoms with van der Waals surface area (Å²) < 4.78 is 1.93. The molecule has 0 spiro atoms. The summed E-state index contributed by atoms with van der Waals surface area (Å²) in [5, 5.41) is 10.4. The summed E-state index contributed by atoms with van der Waals surface area (Å²) in [5.74, 6) is -0.922. The van der Waals surface area contributed by atoms with E-state index in [9.17, 15) is 9.59 Å². The van der Waals surface area contributed by atoms with Crippen molar-refractivity contribution in [2.24, 2.45) is 0 Å². The molecule has 0 unspecified atom stereocenters. The molecule has 0 aromatic carbocycles. The first kappa shape index (κ1) is 10.8. The predicted molar refractivity (Wildman–Crippen MR) is 60.9 cm³/mol. The maximum absolute atomic E-state index is 11.9. The molecule has 0 aliphatic heterocycles. The number of fused-ring (bicyclic) bond motifs is 1. The van der Waals surface area contributed by atoms with Gasteiger partial charge >= 0.3 is 5.97 Å². The fourth-order valence-corrected chi connectivity index (χ4v) is 2.39. The van der Waals surface area contributed by atoms with Gasteiger partial charge in [-0.05, 0) is 17.9 Å². The summed E-state index contributed by atoms with van der Waals surface area (Å²) in [5.41, 5.74) is 1.52. The zero-order valence-corrected chi connectivity index (χ0v) is 9.45. The highest BCUT2D eigenvalue weighted by Gasteiger charge is 2.08. The number of hydrogen-bond acceptors (Lipinski definition) is 4. The van der Waals surface area contributed by atoms with Gasteiger partial charge in [0.2, 0.25) is 0 Å². The van der Waals surface area contributed by atoms with Crippen molar-refractivity contribution in [3.05, 3.63) is 27.6 Å². The molecule has 2 aromatic heterocycles. The normalized spacial score (nSPS) is 10.8. The second kappa shape index (κ2) is 4.05. The van der Waals surface area contributed by atoms with Gasteiger partial charge in [-0.15, -0.1) is 11.3 Å². The van der Waals surface area contributed by atoms with Gasteiger partial charge in [-0.2, -0.15) is 0 Å². The lowest BCUT2D eigenvalue weighted by molar-refractivity contribution is -0.137. The van der Waals surface area contributed by atoms with Gasteiger partial charge in [0, 0.05) is 6.54 Å². The largest absolute Gasteiger partial charge is 0.481 e. The Kier molecular flexibility index (Phi) is 2.74. The van der Waals surface area contributed by atoms with Crippen LogP contribution in [0.3, 0.4) is 0 Å². The van der Waals surface area contributed by atoms with Gasteiger partial charge in [0.05, 0.1) is 18.3 Å². The van der Waals surface area contributed by atoms with E-state index in [1.807, 2.05) is 12.3 Å². The van der Waals surface area contributed by atoms with Crippen LogP contribution in [0.15, 0.2) is 16.5 Å². The van der Waals surface area contributed by atoms with E-state index in [0.717, 1.165) is 5.56 Å². The van der Waals surface area contributed by atoms with Gasteiger partial charge in [0.15, 0.2) is 0 Å². The monoisotopic (exact) mass is 238 g/mol. The number of carboxylic acids is 1. The van der Waals surface area contributed by atoms with Crippen LogP contribution < -0.4 is 5.56 Å². The molecule has 5 nitrogen and oxygen atoms in total. The average molecular weight is 238 g/mol. The quantitative estimate of drug-likeness (QED) is 0.873. The highest BCUT2D eigenvalue weighted by atomic mass is 32.1. The van der Waals surface area contributed by atoms with Crippen LogP contribution in [0.4, 0.5) is 0 Å². The lowest BCUT2D eigenvalue weighted by Crippen LogP contribution is -2.21. The molecule has 16 heavy (non-hydrogen) atoms. The van der Waals surface area contributed by atoms with Crippen LogP contribution in [0.1, 0.15) is 12.0 Å². The average Bonchev–Trinajstić information content (AvgIpc) is 2.60. The third-order valence-electron chi connectivity index (χ3n) is 2.29. The van der Waals surface area contributed by atoms with E-state index >= 15 is 0 Å². The summed E-state index contributed by atoms with van der Waals surface area (Å²) in [4.78, 5) is 26.5. The molecule has 1 N–H and O–H groups in total. The molecule has 0 saturated heterocycles. The van der Waals surface area contributed by atoms with Crippen molar-refractivity contribution in [3.8, 4) is 0 Å². The molecular formula is C10H10N2O3S. The number of hydrogen-bond donors (Lipinski definition) is 1. The van der Waals surface area contributed by atoms with Gasteiger partial charge in [0.25, 0.3) is 5.56 Å². The topological polar surface area (TPSA) is 72.2 Å². The van der Waals surface area contributed by atoms with Gasteiger partial charge in [0.1, 0.15) is 4.70 Å². The Hall–Kier alpha value is -1.69. The zero-order valence-electron chi connectivity index (χ0n) is 8.64. The van der Waals surface area contributed by atoms with Crippen molar-refractivity contribution in [2.45, 2.75) is 19.9 Å². The molecule has 0 saturated carbocycles. The second-order valence-corrected chi connectivity index (χ2v) is 4.36. The van der Waals surface area contributed by atoms with E-state index in [0.29, 0.717) is 10.2 Å². The van der Waals surface area contributed by atoms with Crippen LogP contribution in [0.2, 0.25) is 0 Å². The van der Waals surface area contributed by atoms with Crippen LogP contribution in [-0.4, -0.2) is 20.6 Å². The highest BCUT2D eigenvalue weighted by Crippen LogP contribution is 2.19. The third kappa shape index (κ3) is 1.83. The Labute approximate surface area is 95.0 Å². The lowest BCUT2D eigenvalue weighted by Gasteiger charge is -2.02. The third-order valence-corrected chi connectivity index (χ3v) is 3.37. The van der Waals surface area contributed by atoms with Crippen LogP contribution in [0.5, 0.6) is 0 Å². The number of carboxylic acid groups (broad SMARTS) is 1. The molecule has 0 atom stereocenters. The number of thiophene rings is 1. The van der Waals surface area contributed by atoms with Gasteiger partial charge in [-0.25, -0.2) is 4.98 Å². The summed E-state index contributed by atoms with van der Waals surface area (Å²) in [6, 6.07) is 0. The minimum atomic E-state index is -0.922. The Morgan fingerprint density at radius 3 is 3.06 bits per heavy atom. The number of aryl methyl sites for hydroxylation is 2. The van der Waals surface area contributed by atoms with Crippen molar-refractivity contribution in [3.63, 3.8) is 0 Å². The van der Waals surface area contributed by atoms with Crippen LogP contribution in [-0.2, 0) is 11.3 Å². The van der Waals surface area contributed by atoms with Crippen molar-refractivity contribution >= 4 is 27.5 Å². The molecule has 2 aromatic rings. The molecule has 0 aliphatic rings. The number of aliphatic carboxylic acids is 1. The van der Waals surface area contributed by atoms with Gasteiger partial charge in [-0.1, -0.05) is 0 Å². The molecule has 2 heterocycles. The first-order valence-electron chi connectivity index (χ1n) is 4.74. The van der Waals surface area contributed by atoms with Crippen LogP contribution >= 0.6 is 11.3 Å². The van der Waals surface area contributed by atoms with E-state index in [1.165, 1.54) is 22.2 Å². The molecule has 0 amide bonds. The van der Waals surface area contributed by atoms with E-state index in [2.05, 4.69) is 4.98 Å². The minimum Gasteiger partial charge on any atom is -0.481 e. The Morgan fingerprint density at radius 2 is 2.38 bits per heavy atom. The number of carbonyl (C=O) groups is 1. The Bertz CT molecular complexity index is 600. The standard InChI is InChI=1S/C10H10N2O3S/c1-6-4-16-9-8(6)11-5-12(10(9)15)3-2-7(13)14/h4-5H,2-3H2,1H3,(H,13,14).